The molecule has 2 unspecified atom stereocenters. The second kappa shape index (κ2) is 4.64. The number of aryl methyl sites for hydroxylation is 1. The minimum atomic E-state index is 0.179. The van der Waals surface area contributed by atoms with E-state index >= 15 is 0 Å². The summed E-state index contributed by atoms with van der Waals surface area (Å²) in [5, 5.41) is 4.30. The summed E-state index contributed by atoms with van der Waals surface area (Å²) < 4.78 is 5.88. The normalized spacial score (nSPS) is 23.0. The fourth-order valence-electron chi connectivity index (χ4n) is 2.23. The van der Waals surface area contributed by atoms with Crippen molar-refractivity contribution in [2.24, 2.45) is 0 Å². The molecule has 16 heavy (non-hydrogen) atoms. The van der Waals surface area contributed by atoms with Crippen LogP contribution < -0.4 is 10.1 Å². The van der Waals surface area contributed by atoms with E-state index < -0.39 is 0 Å². The Labute approximate surface area is 102 Å². The molecule has 0 aromatic heterocycles. The van der Waals surface area contributed by atoms with Crippen molar-refractivity contribution in [2.75, 3.05) is 6.54 Å². The van der Waals surface area contributed by atoms with E-state index in [0.717, 1.165) is 29.3 Å². The van der Waals surface area contributed by atoms with Gasteiger partial charge in [0.25, 0.3) is 0 Å². The summed E-state index contributed by atoms with van der Waals surface area (Å²) in [5.41, 5.74) is 2.32. The highest BCUT2D eigenvalue weighted by molar-refractivity contribution is 6.30. The van der Waals surface area contributed by atoms with Gasteiger partial charge in [-0.3, -0.25) is 0 Å². The molecule has 1 N–H and O–H groups in total. The van der Waals surface area contributed by atoms with Crippen molar-refractivity contribution < 1.29 is 4.74 Å². The van der Waals surface area contributed by atoms with Crippen LogP contribution >= 0.6 is 11.6 Å². The van der Waals surface area contributed by atoms with Crippen LogP contribution in [0.4, 0.5) is 0 Å². The lowest BCUT2D eigenvalue weighted by Gasteiger charge is -2.16. The minimum absolute atomic E-state index is 0.179. The number of nitrogens with one attached hydrogen (secondary N) is 1. The Hall–Kier alpha value is -0.730. The SMILES string of the molecule is CCCNC1c2cc(Cl)cc(C)c2OC1C. The Morgan fingerprint density at radius 1 is 1.44 bits per heavy atom. The lowest BCUT2D eigenvalue weighted by molar-refractivity contribution is 0.209. The number of ether oxygens (including phenoxy) is 1. The van der Waals surface area contributed by atoms with Gasteiger partial charge < -0.3 is 10.1 Å². The van der Waals surface area contributed by atoms with Crippen LogP contribution in [0.25, 0.3) is 0 Å². The Bertz CT molecular complexity index is 392. The first-order valence-corrected chi connectivity index (χ1v) is 6.21. The highest BCUT2D eigenvalue weighted by atomic mass is 35.5. The molecule has 0 saturated heterocycles. The lowest BCUT2D eigenvalue weighted by atomic mass is 10.0. The van der Waals surface area contributed by atoms with Gasteiger partial charge in [-0.15, -0.1) is 0 Å². The van der Waals surface area contributed by atoms with E-state index in [1.165, 1.54) is 5.56 Å². The average Bonchev–Trinajstić information content (AvgIpc) is 2.53. The molecule has 2 atom stereocenters. The predicted octanol–water partition coefficient (Wildman–Crippen LogP) is 3.47. The third-order valence-electron chi connectivity index (χ3n) is 2.99. The van der Waals surface area contributed by atoms with Crippen LogP contribution in [0.5, 0.6) is 5.75 Å². The lowest BCUT2D eigenvalue weighted by Crippen LogP contribution is -2.29. The molecule has 1 aromatic carbocycles. The summed E-state index contributed by atoms with van der Waals surface area (Å²) in [6, 6.07) is 4.24. The number of fused-ring (bicyclic) bond motifs is 1. The van der Waals surface area contributed by atoms with Gasteiger partial charge in [-0.05, 0) is 44.5 Å². The Morgan fingerprint density at radius 3 is 2.88 bits per heavy atom. The van der Waals surface area contributed by atoms with E-state index in [-0.39, 0.29) is 12.1 Å². The largest absolute Gasteiger partial charge is 0.488 e. The second-order valence-electron chi connectivity index (χ2n) is 4.40. The number of hydrogen-bond acceptors (Lipinski definition) is 2. The van der Waals surface area contributed by atoms with Crippen LogP contribution in [-0.2, 0) is 0 Å². The van der Waals surface area contributed by atoms with E-state index in [1.54, 1.807) is 0 Å². The third kappa shape index (κ3) is 2.04. The van der Waals surface area contributed by atoms with Crippen molar-refractivity contribution in [3.05, 3.63) is 28.3 Å². The average molecular weight is 240 g/mol. The van der Waals surface area contributed by atoms with Crippen molar-refractivity contribution in [3.8, 4) is 5.75 Å². The Kier molecular flexibility index (Phi) is 3.41. The van der Waals surface area contributed by atoms with Crippen molar-refractivity contribution in [3.63, 3.8) is 0 Å². The topological polar surface area (TPSA) is 21.3 Å². The maximum absolute atomic E-state index is 6.09. The van der Waals surface area contributed by atoms with Gasteiger partial charge in [0, 0.05) is 10.6 Å². The molecule has 88 valence electrons. The van der Waals surface area contributed by atoms with Gasteiger partial charge in [0.05, 0.1) is 6.04 Å². The van der Waals surface area contributed by atoms with Crippen LogP contribution in [0.3, 0.4) is 0 Å². The molecule has 0 aliphatic carbocycles. The van der Waals surface area contributed by atoms with Crippen LogP contribution in [0, 0.1) is 6.92 Å². The van der Waals surface area contributed by atoms with E-state index in [9.17, 15) is 0 Å². The van der Waals surface area contributed by atoms with Gasteiger partial charge in [0.15, 0.2) is 0 Å². The predicted molar refractivity (Wildman–Crippen MR) is 67.3 cm³/mol. The van der Waals surface area contributed by atoms with Crippen molar-refractivity contribution in [1.29, 1.82) is 0 Å². The minimum Gasteiger partial charge on any atom is -0.488 e. The van der Waals surface area contributed by atoms with Crippen molar-refractivity contribution >= 4 is 11.6 Å². The molecule has 0 amide bonds. The second-order valence-corrected chi connectivity index (χ2v) is 4.83. The highest BCUT2D eigenvalue weighted by Crippen LogP contribution is 2.40. The molecule has 0 saturated carbocycles. The van der Waals surface area contributed by atoms with Gasteiger partial charge in [-0.25, -0.2) is 0 Å². The van der Waals surface area contributed by atoms with Gasteiger partial charge in [-0.1, -0.05) is 18.5 Å². The zero-order valence-corrected chi connectivity index (χ0v) is 10.8. The van der Waals surface area contributed by atoms with E-state index in [4.69, 9.17) is 16.3 Å². The molecule has 0 radical (unpaired) electrons. The monoisotopic (exact) mass is 239 g/mol. The quantitative estimate of drug-likeness (QED) is 0.872. The fraction of sp³-hybridized carbons (Fsp3) is 0.538. The fourth-order valence-corrected chi connectivity index (χ4v) is 2.51. The number of halogens is 1. The summed E-state index contributed by atoms with van der Waals surface area (Å²) in [6.45, 7) is 7.31. The molecule has 0 spiro atoms. The molecule has 3 heteroatoms. The molecule has 1 heterocycles. The first-order chi connectivity index (χ1) is 7.63. The van der Waals surface area contributed by atoms with Crippen molar-refractivity contribution in [2.45, 2.75) is 39.3 Å². The molecular formula is C13H18ClNO. The van der Waals surface area contributed by atoms with E-state index in [0.29, 0.717) is 0 Å². The number of benzene rings is 1. The van der Waals surface area contributed by atoms with E-state index in [2.05, 4.69) is 19.2 Å². The molecule has 0 bridgehead atoms. The Balaban J connectivity index is 2.32. The summed E-state index contributed by atoms with van der Waals surface area (Å²) in [7, 11) is 0. The summed E-state index contributed by atoms with van der Waals surface area (Å²) in [6.07, 6.45) is 1.30. The zero-order chi connectivity index (χ0) is 11.7. The summed E-state index contributed by atoms with van der Waals surface area (Å²) in [4.78, 5) is 0. The summed E-state index contributed by atoms with van der Waals surface area (Å²) in [5.74, 6) is 1.01. The Morgan fingerprint density at radius 2 is 2.19 bits per heavy atom. The molecule has 1 aromatic rings. The maximum atomic E-state index is 6.09. The summed E-state index contributed by atoms with van der Waals surface area (Å²) >= 11 is 6.09. The van der Waals surface area contributed by atoms with Crippen LogP contribution in [-0.4, -0.2) is 12.6 Å². The first kappa shape index (κ1) is 11.7. The first-order valence-electron chi connectivity index (χ1n) is 5.83. The van der Waals surface area contributed by atoms with E-state index in [1.807, 2.05) is 19.1 Å². The number of rotatable bonds is 3. The molecule has 1 aliphatic heterocycles. The van der Waals surface area contributed by atoms with Gasteiger partial charge in [-0.2, -0.15) is 0 Å². The maximum Gasteiger partial charge on any atom is 0.127 e. The van der Waals surface area contributed by atoms with Gasteiger partial charge in [0.1, 0.15) is 11.9 Å². The van der Waals surface area contributed by atoms with Crippen LogP contribution in [0.15, 0.2) is 12.1 Å². The zero-order valence-electron chi connectivity index (χ0n) is 10.0. The molecule has 2 nitrogen and oxygen atoms in total. The molecule has 1 aliphatic rings. The standard InChI is InChI=1S/C13H18ClNO/c1-4-5-15-12-9(3)16-13-8(2)6-10(14)7-11(12)13/h6-7,9,12,15H,4-5H2,1-3H3. The van der Waals surface area contributed by atoms with Gasteiger partial charge >= 0.3 is 0 Å². The smallest absolute Gasteiger partial charge is 0.127 e. The molecular weight excluding hydrogens is 222 g/mol. The van der Waals surface area contributed by atoms with Crippen LogP contribution in [0.1, 0.15) is 37.4 Å². The van der Waals surface area contributed by atoms with Gasteiger partial charge in [0.2, 0.25) is 0 Å². The molecule has 0 fully saturated rings. The van der Waals surface area contributed by atoms with Crippen molar-refractivity contribution in [1.82, 2.24) is 5.32 Å². The third-order valence-corrected chi connectivity index (χ3v) is 3.21. The number of hydrogen-bond donors (Lipinski definition) is 1. The molecule has 2 rings (SSSR count). The van der Waals surface area contributed by atoms with Crippen LogP contribution in [0.2, 0.25) is 5.02 Å². The highest BCUT2D eigenvalue weighted by Gasteiger charge is 2.31.